The van der Waals surface area contributed by atoms with Gasteiger partial charge in [-0.15, -0.1) is 0 Å². The van der Waals surface area contributed by atoms with E-state index in [2.05, 4.69) is 12.2 Å². The van der Waals surface area contributed by atoms with Gasteiger partial charge in [0.05, 0.1) is 0 Å². The number of hydrogen-bond acceptors (Lipinski definition) is 3. The summed E-state index contributed by atoms with van der Waals surface area (Å²) in [5.41, 5.74) is 2.02. The van der Waals surface area contributed by atoms with Crippen molar-refractivity contribution < 1.29 is 14.4 Å². The SMILES string of the molecule is CC.CCCCC(=O)NC.O=C1c2ccccc2C(=O)c2ccccc21. The molecule has 0 heterocycles. The summed E-state index contributed by atoms with van der Waals surface area (Å²) in [7, 11) is 1.66. The van der Waals surface area contributed by atoms with Gasteiger partial charge in [0.1, 0.15) is 0 Å². The number of rotatable bonds is 3. The zero-order valence-corrected chi connectivity index (χ0v) is 16.0. The average molecular weight is 353 g/mol. The average Bonchev–Trinajstić information content (AvgIpc) is 2.72. The molecule has 4 nitrogen and oxygen atoms in total. The Kier molecular flexibility index (Phi) is 8.99. The molecule has 0 bridgehead atoms. The zero-order chi connectivity index (χ0) is 19.5. The van der Waals surface area contributed by atoms with Crippen molar-refractivity contribution in [1.29, 1.82) is 0 Å². The number of carbonyl (C=O) groups excluding carboxylic acids is 3. The maximum Gasteiger partial charge on any atom is 0.219 e. The number of amides is 1. The highest BCUT2D eigenvalue weighted by molar-refractivity contribution is 6.28. The molecule has 2 aromatic rings. The molecule has 0 atom stereocenters. The van der Waals surface area contributed by atoms with Crippen molar-refractivity contribution in [3.05, 3.63) is 70.8 Å². The predicted molar refractivity (Wildman–Crippen MR) is 105 cm³/mol. The minimum atomic E-state index is -0.0641. The fourth-order valence-electron chi connectivity index (χ4n) is 2.51. The quantitative estimate of drug-likeness (QED) is 0.758. The van der Waals surface area contributed by atoms with Gasteiger partial charge in [-0.1, -0.05) is 75.7 Å². The minimum Gasteiger partial charge on any atom is -0.359 e. The van der Waals surface area contributed by atoms with Crippen LogP contribution in [-0.4, -0.2) is 24.5 Å². The summed E-state index contributed by atoms with van der Waals surface area (Å²) in [4.78, 5) is 34.7. The van der Waals surface area contributed by atoms with Crippen LogP contribution >= 0.6 is 0 Å². The number of unbranched alkanes of at least 4 members (excludes halogenated alkanes) is 1. The van der Waals surface area contributed by atoms with Crippen LogP contribution in [0.4, 0.5) is 0 Å². The molecule has 0 aromatic heterocycles. The molecule has 0 saturated heterocycles. The Morgan fingerprint density at radius 1 is 0.808 bits per heavy atom. The molecule has 138 valence electrons. The largest absolute Gasteiger partial charge is 0.359 e. The van der Waals surface area contributed by atoms with Gasteiger partial charge in [-0.2, -0.15) is 0 Å². The van der Waals surface area contributed by atoms with Crippen LogP contribution in [0.25, 0.3) is 0 Å². The number of benzene rings is 2. The van der Waals surface area contributed by atoms with Crippen LogP contribution < -0.4 is 5.32 Å². The molecule has 3 rings (SSSR count). The van der Waals surface area contributed by atoms with Crippen molar-refractivity contribution >= 4 is 17.5 Å². The molecule has 0 radical (unpaired) electrons. The van der Waals surface area contributed by atoms with E-state index in [1.807, 2.05) is 13.8 Å². The van der Waals surface area contributed by atoms with Crippen molar-refractivity contribution in [2.45, 2.75) is 40.0 Å². The van der Waals surface area contributed by atoms with Crippen molar-refractivity contribution in [1.82, 2.24) is 5.32 Å². The van der Waals surface area contributed by atoms with Crippen LogP contribution in [0.1, 0.15) is 71.9 Å². The molecule has 0 unspecified atom stereocenters. The Bertz CT molecular complexity index is 660. The summed E-state index contributed by atoms with van der Waals surface area (Å²) in [6, 6.07) is 13.9. The Morgan fingerprint density at radius 3 is 1.42 bits per heavy atom. The van der Waals surface area contributed by atoms with Gasteiger partial charge in [-0.05, 0) is 6.42 Å². The molecule has 1 aliphatic rings. The second kappa shape index (κ2) is 11.0. The lowest BCUT2D eigenvalue weighted by atomic mass is 9.84. The van der Waals surface area contributed by atoms with E-state index in [1.165, 1.54) is 0 Å². The molecule has 0 fully saturated rings. The third-order valence-electron chi connectivity index (χ3n) is 3.87. The summed E-state index contributed by atoms with van der Waals surface area (Å²) in [5, 5.41) is 2.56. The summed E-state index contributed by atoms with van der Waals surface area (Å²) in [6.45, 7) is 6.07. The summed E-state index contributed by atoms with van der Waals surface area (Å²) in [6.07, 6.45) is 2.76. The van der Waals surface area contributed by atoms with Gasteiger partial charge < -0.3 is 5.32 Å². The molecule has 4 heteroatoms. The second-order valence-electron chi connectivity index (χ2n) is 5.53. The molecule has 0 saturated carbocycles. The van der Waals surface area contributed by atoms with Gasteiger partial charge in [0.2, 0.25) is 5.91 Å². The van der Waals surface area contributed by atoms with E-state index >= 15 is 0 Å². The summed E-state index contributed by atoms with van der Waals surface area (Å²) in [5.74, 6) is 0.0171. The van der Waals surface area contributed by atoms with Crippen molar-refractivity contribution in [3.8, 4) is 0 Å². The van der Waals surface area contributed by atoms with E-state index in [0.29, 0.717) is 28.7 Å². The molecule has 1 N–H and O–H groups in total. The maximum absolute atomic E-state index is 12.1. The van der Waals surface area contributed by atoms with E-state index in [9.17, 15) is 14.4 Å². The fraction of sp³-hybridized carbons (Fsp3) is 0.318. The molecule has 0 spiro atoms. The third-order valence-corrected chi connectivity index (χ3v) is 3.87. The Hall–Kier alpha value is -2.75. The number of hydrogen-bond donors (Lipinski definition) is 1. The number of carbonyl (C=O) groups is 3. The molecule has 1 aliphatic carbocycles. The maximum atomic E-state index is 12.1. The van der Waals surface area contributed by atoms with Gasteiger partial charge in [0, 0.05) is 35.7 Å². The highest BCUT2D eigenvalue weighted by Crippen LogP contribution is 2.26. The van der Waals surface area contributed by atoms with Crippen LogP contribution in [0.3, 0.4) is 0 Å². The van der Waals surface area contributed by atoms with Crippen molar-refractivity contribution in [3.63, 3.8) is 0 Å². The predicted octanol–water partition coefficient (Wildman–Crippen LogP) is 4.41. The zero-order valence-electron chi connectivity index (χ0n) is 16.0. The first-order chi connectivity index (χ1) is 12.6. The summed E-state index contributed by atoms with van der Waals surface area (Å²) < 4.78 is 0. The van der Waals surface area contributed by atoms with Gasteiger partial charge in [0.15, 0.2) is 11.6 Å². The van der Waals surface area contributed by atoms with Gasteiger partial charge >= 0.3 is 0 Å². The van der Waals surface area contributed by atoms with Crippen molar-refractivity contribution in [2.24, 2.45) is 0 Å². The minimum absolute atomic E-state index is 0.0641. The van der Waals surface area contributed by atoms with Crippen LogP contribution in [0.2, 0.25) is 0 Å². The standard InChI is InChI=1S/C14H8O2.C6H13NO.C2H6/c15-13-9-5-1-2-6-10(9)14(16)12-8-4-3-7-11(12)13;1-3-4-5-6(8)7-2;1-2/h1-8H;3-5H2,1-2H3,(H,7,8);1-2H3. The molecule has 0 aliphatic heterocycles. The van der Waals surface area contributed by atoms with Crippen LogP contribution in [-0.2, 0) is 4.79 Å². The Balaban J connectivity index is 0.000000290. The normalized spacial score (nSPS) is 11.1. The van der Waals surface area contributed by atoms with Crippen LogP contribution in [0, 0.1) is 0 Å². The third kappa shape index (κ3) is 5.12. The number of nitrogens with one attached hydrogen (secondary N) is 1. The lowest BCUT2D eigenvalue weighted by molar-refractivity contribution is -0.120. The van der Waals surface area contributed by atoms with E-state index in [0.717, 1.165) is 12.8 Å². The molecular weight excluding hydrogens is 326 g/mol. The first-order valence-electron chi connectivity index (χ1n) is 9.08. The number of ketones is 2. The first-order valence-corrected chi connectivity index (χ1v) is 9.08. The lowest BCUT2D eigenvalue weighted by Gasteiger charge is -2.16. The van der Waals surface area contributed by atoms with E-state index in [-0.39, 0.29) is 17.5 Å². The van der Waals surface area contributed by atoms with Gasteiger partial charge in [-0.3, -0.25) is 14.4 Å². The highest BCUT2D eigenvalue weighted by atomic mass is 16.1. The Morgan fingerprint density at radius 2 is 1.15 bits per heavy atom. The van der Waals surface area contributed by atoms with Crippen molar-refractivity contribution in [2.75, 3.05) is 7.05 Å². The van der Waals surface area contributed by atoms with Gasteiger partial charge in [0.25, 0.3) is 0 Å². The second-order valence-corrected chi connectivity index (χ2v) is 5.53. The van der Waals surface area contributed by atoms with Gasteiger partial charge in [-0.25, -0.2) is 0 Å². The number of fused-ring (bicyclic) bond motifs is 2. The van der Waals surface area contributed by atoms with E-state index < -0.39 is 0 Å². The highest BCUT2D eigenvalue weighted by Gasteiger charge is 2.28. The van der Waals surface area contributed by atoms with Crippen LogP contribution in [0.5, 0.6) is 0 Å². The molecule has 26 heavy (non-hydrogen) atoms. The first kappa shape index (κ1) is 21.3. The molecule has 1 amide bonds. The monoisotopic (exact) mass is 353 g/mol. The molecule has 2 aromatic carbocycles. The summed E-state index contributed by atoms with van der Waals surface area (Å²) >= 11 is 0. The topological polar surface area (TPSA) is 63.2 Å². The smallest absolute Gasteiger partial charge is 0.219 e. The fourth-order valence-corrected chi connectivity index (χ4v) is 2.51. The van der Waals surface area contributed by atoms with E-state index in [4.69, 9.17) is 0 Å². The molecular formula is C22H27NO3. The Labute approximate surface area is 155 Å². The van der Waals surface area contributed by atoms with Crippen LogP contribution in [0.15, 0.2) is 48.5 Å². The van der Waals surface area contributed by atoms with E-state index in [1.54, 1.807) is 55.6 Å². The lowest BCUT2D eigenvalue weighted by Crippen LogP contribution is -2.20.